The molecule has 0 unspecified atom stereocenters. The van der Waals surface area contributed by atoms with Gasteiger partial charge in [-0.25, -0.2) is 0 Å². The van der Waals surface area contributed by atoms with Crippen LogP contribution in [0.2, 0.25) is 0 Å². The molecule has 1 aromatic carbocycles. The molecule has 0 bridgehead atoms. The van der Waals surface area contributed by atoms with E-state index in [1.54, 1.807) is 0 Å². The summed E-state index contributed by atoms with van der Waals surface area (Å²) in [6.45, 7) is 2.29. The Hall–Kier alpha value is -1.88. The van der Waals surface area contributed by atoms with Crippen LogP contribution in [-0.4, -0.2) is 17.2 Å². The monoisotopic (exact) mass is 230 g/mol. The first-order valence-electron chi connectivity index (χ1n) is 5.65. The van der Waals surface area contributed by atoms with Gasteiger partial charge in [0, 0.05) is 13.1 Å². The van der Waals surface area contributed by atoms with Gasteiger partial charge in [0.15, 0.2) is 0 Å². The van der Waals surface area contributed by atoms with Crippen molar-refractivity contribution in [3.8, 4) is 0 Å². The molecule has 0 radical (unpaired) electrons. The van der Waals surface area contributed by atoms with Crippen LogP contribution < -0.4 is 10.2 Å². The first-order chi connectivity index (χ1) is 8.36. The average molecular weight is 230 g/mol. The van der Waals surface area contributed by atoms with Crippen LogP contribution in [0.4, 0.5) is 6.01 Å². The Morgan fingerprint density at radius 3 is 2.59 bits per heavy atom. The van der Waals surface area contributed by atoms with Gasteiger partial charge in [-0.2, -0.15) is 0 Å². The van der Waals surface area contributed by atoms with Crippen LogP contribution in [0, 0.1) is 0 Å². The number of hydrogen-bond acceptors (Lipinski definition) is 5. The third kappa shape index (κ3) is 1.89. The van der Waals surface area contributed by atoms with Crippen molar-refractivity contribution in [2.45, 2.75) is 19.6 Å². The van der Waals surface area contributed by atoms with E-state index in [1.165, 1.54) is 11.1 Å². The zero-order valence-corrected chi connectivity index (χ0v) is 9.68. The van der Waals surface area contributed by atoms with Crippen molar-refractivity contribution in [3.05, 3.63) is 41.3 Å². The highest BCUT2D eigenvalue weighted by molar-refractivity contribution is 5.41. The summed E-state index contributed by atoms with van der Waals surface area (Å²) in [5.41, 5.74) is 2.67. The standard InChI is InChI=1S/C12H14N4O/c1-13-6-11-14-15-12(17-11)16-7-9-4-2-3-5-10(9)8-16/h2-5,13H,6-8H2,1H3. The quantitative estimate of drug-likeness (QED) is 0.861. The lowest BCUT2D eigenvalue weighted by molar-refractivity contribution is 0.472. The van der Waals surface area contributed by atoms with E-state index in [0.29, 0.717) is 18.5 Å². The highest BCUT2D eigenvalue weighted by Gasteiger charge is 2.22. The minimum atomic E-state index is 0.603. The number of anilines is 1. The van der Waals surface area contributed by atoms with Crippen molar-refractivity contribution in [3.63, 3.8) is 0 Å². The van der Waals surface area contributed by atoms with Gasteiger partial charge >= 0.3 is 6.01 Å². The molecule has 0 saturated heterocycles. The largest absolute Gasteiger partial charge is 0.407 e. The average Bonchev–Trinajstić information content (AvgIpc) is 2.94. The van der Waals surface area contributed by atoms with Gasteiger partial charge in [0.2, 0.25) is 5.89 Å². The van der Waals surface area contributed by atoms with E-state index in [2.05, 4.69) is 44.7 Å². The highest BCUT2D eigenvalue weighted by Crippen LogP contribution is 2.26. The molecule has 0 spiro atoms. The van der Waals surface area contributed by atoms with Gasteiger partial charge in [0.1, 0.15) is 0 Å². The van der Waals surface area contributed by atoms with Crippen molar-refractivity contribution >= 4 is 6.01 Å². The second-order valence-corrected chi connectivity index (χ2v) is 4.13. The SMILES string of the molecule is CNCc1nnc(N2Cc3ccccc3C2)o1. The number of rotatable bonds is 3. The Labute approximate surface area is 99.5 Å². The number of hydrogen-bond donors (Lipinski definition) is 1. The summed E-state index contributed by atoms with van der Waals surface area (Å²) in [7, 11) is 1.86. The Kier molecular flexibility index (Phi) is 2.53. The van der Waals surface area contributed by atoms with Crippen molar-refractivity contribution in [2.24, 2.45) is 0 Å². The number of benzene rings is 1. The number of aromatic nitrogens is 2. The fourth-order valence-electron chi connectivity index (χ4n) is 2.06. The molecule has 5 heteroatoms. The third-order valence-electron chi connectivity index (χ3n) is 2.90. The van der Waals surface area contributed by atoms with E-state index in [-0.39, 0.29) is 0 Å². The van der Waals surface area contributed by atoms with Gasteiger partial charge in [0.05, 0.1) is 6.54 Å². The van der Waals surface area contributed by atoms with Crippen LogP contribution in [0.1, 0.15) is 17.0 Å². The smallest absolute Gasteiger partial charge is 0.318 e. The summed E-state index contributed by atoms with van der Waals surface area (Å²) < 4.78 is 5.58. The summed E-state index contributed by atoms with van der Waals surface area (Å²) in [6, 6.07) is 9.00. The Balaban J connectivity index is 1.79. The first-order valence-corrected chi connectivity index (χ1v) is 5.65. The molecule has 0 amide bonds. The van der Waals surface area contributed by atoms with Crippen LogP contribution in [0.5, 0.6) is 0 Å². The fraction of sp³-hybridized carbons (Fsp3) is 0.333. The summed E-state index contributed by atoms with van der Waals surface area (Å²) in [5, 5.41) is 11.1. The topological polar surface area (TPSA) is 54.2 Å². The number of nitrogens with zero attached hydrogens (tertiary/aromatic N) is 3. The normalized spacial score (nSPS) is 14.1. The minimum Gasteiger partial charge on any atom is -0.407 e. The molecule has 3 rings (SSSR count). The van der Waals surface area contributed by atoms with Gasteiger partial charge in [-0.15, -0.1) is 5.10 Å². The van der Waals surface area contributed by atoms with Crippen LogP contribution in [0.25, 0.3) is 0 Å². The summed E-state index contributed by atoms with van der Waals surface area (Å²) in [4.78, 5) is 2.09. The lowest BCUT2D eigenvalue weighted by Gasteiger charge is -2.10. The van der Waals surface area contributed by atoms with Crippen molar-refractivity contribution in [2.75, 3.05) is 11.9 Å². The van der Waals surface area contributed by atoms with E-state index in [1.807, 2.05) is 7.05 Å². The fourth-order valence-corrected chi connectivity index (χ4v) is 2.06. The second kappa shape index (κ2) is 4.18. The maximum atomic E-state index is 5.58. The second-order valence-electron chi connectivity index (χ2n) is 4.13. The van der Waals surface area contributed by atoms with Gasteiger partial charge in [0.25, 0.3) is 0 Å². The molecule has 1 N–H and O–H groups in total. The Bertz CT molecular complexity index is 498. The molecule has 1 aliphatic rings. The lowest BCUT2D eigenvalue weighted by atomic mass is 10.1. The molecule has 5 nitrogen and oxygen atoms in total. The molecule has 0 atom stereocenters. The van der Waals surface area contributed by atoms with Crippen molar-refractivity contribution in [1.82, 2.24) is 15.5 Å². The molecule has 0 fully saturated rings. The van der Waals surface area contributed by atoms with Crippen LogP contribution in [-0.2, 0) is 19.6 Å². The molecule has 0 aliphatic carbocycles. The molecule has 0 saturated carbocycles. The molecular formula is C12H14N4O. The Morgan fingerprint density at radius 1 is 1.24 bits per heavy atom. The number of fused-ring (bicyclic) bond motifs is 1. The molecule has 1 aliphatic heterocycles. The third-order valence-corrected chi connectivity index (χ3v) is 2.90. The molecule has 1 aromatic heterocycles. The maximum Gasteiger partial charge on any atom is 0.318 e. The summed E-state index contributed by atoms with van der Waals surface area (Å²) in [5.74, 6) is 0.624. The van der Waals surface area contributed by atoms with E-state index >= 15 is 0 Å². The summed E-state index contributed by atoms with van der Waals surface area (Å²) >= 11 is 0. The van der Waals surface area contributed by atoms with Gasteiger partial charge in [-0.1, -0.05) is 29.4 Å². The Morgan fingerprint density at radius 2 is 1.94 bits per heavy atom. The van der Waals surface area contributed by atoms with Gasteiger partial charge < -0.3 is 14.6 Å². The predicted octanol–water partition coefficient (Wildman–Crippen LogP) is 1.31. The van der Waals surface area contributed by atoms with E-state index in [0.717, 1.165) is 13.1 Å². The van der Waals surface area contributed by atoms with E-state index in [9.17, 15) is 0 Å². The zero-order valence-electron chi connectivity index (χ0n) is 9.68. The van der Waals surface area contributed by atoms with Crippen molar-refractivity contribution < 1.29 is 4.42 Å². The van der Waals surface area contributed by atoms with Crippen LogP contribution in [0.3, 0.4) is 0 Å². The van der Waals surface area contributed by atoms with Crippen LogP contribution in [0.15, 0.2) is 28.7 Å². The van der Waals surface area contributed by atoms with Gasteiger partial charge in [-0.05, 0) is 18.2 Å². The minimum absolute atomic E-state index is 0.603. The molecule has 2 aromatic rings. The van der Waals surface area contributed by atoms with Gasteiger partial charge in [-0.3, -0.25) is 0 Å². The highest BCUT2D eigenvalue weighted by atomic mass is 16.4. The maximum absolute atomic E-state index is 5.58. The molecular weight excluding hydrogens is 216 g/mol. The summed E-state index contributed by atoms with van der Waals surface area (Å²) in [6.07, 6.45) is 0. The van der Waals surface area contributed by atoms with E-state index < -0.39 is 0 Å². The predicted molar refractivity (Wildman–Crippen MR) is 63.4 cm³/mol. The molecule has 17 heavy (non-hydrogen) atoms. The van der Waals surface area contributed by atoms with Crippen LogP contribution >= 0.6 is 0 Å². The lowest BCUT2D eigenvalue weighted by Crippen LogP contribution is -2.14. The van der Waals surface area contributed by atoms with Crippen molar-refractivity contribution in [1.29, 1.82) is 0 Å². The first kappa shape index (κ1) is 10.3. The zero-order chi connectivity index (χ0) is 11.7. The number of nitrogens with one attached hydrogen (secondary N) is 1. The molecule has 88 valence electrons. The molecule has 2 heterocycles. The van der Waals surface area contributed by atoms with E-state index in [4.69, 9.17) is 4.42 Å².